The molecule has 5 aromatic rings. The number of imidazole rings is 2. The molecule has 4 saturated heterocycles. The smallest absolute Gasteiger partial charge is 0.407 e. The molecule has 3 aromatic carbocycles. The van der Waals surface area contributed by atoms with Crippen LogP contribution in [0.5, 0.6) is 0 Å². The van der Waals surface area contributed by atoms with E-state index in [1.807, 2.05) is 37.5 Å². The molecule has 0 spiro atoms. The fourth-order valence-electron chi connectivity index (χ4n) is 11.0. The second kappa shape index (κ2) is 19.6. The number of hydrogen-bond donors (Lipinski definition) is 4. The number of anilines is 1. The third-order valence-corrected chi connectivity index (χ3v) is 14.6. The molecule has 2 aromatic heterocycles. The van der Waals surface area contributed by atoms with E-state index in [1.165, 1.54) is 30.9 Å². The van der Waals surface area contributed by atoms with Crippen molar-refractivity contribution in [2.75, 3.05) is 45.4 Å². The highest BCUT2D eigenvalue weighted by atomic mass is 16.5. The number of methoxy groups -OCH3 is 2. The van der Waals surface area contributed by atoms with Gasteiger partial charge < -0.3 is 49.5 Å². The SMILES string of the molecule is COC(=O)N[C@H](C(=O)N1CCC[C@H]1c1nc2cc([C@H]3CC[C@H](c4ccc5nc([C@@H]6CCCN6C(=O)[C@@H](NC(=O)OC)C(C)C)[nH]c5c4)N3c3ccc(C4CCOCC4)cc3)ccc2[nH]1)C(C)C. The predicted molar refractivity (Wildman–Crippen MR) is 254 cm³/mol. The average molecular weight is 916 g/mol. The number of H-pyrrole nitrogens is 2. The Labute approximate surface area is 391 Å². The Kier molecular flexibility index (Phi) is 13.4. The predicted octanol–water partition coefficient (Wildman–Crippen LogP) is 8.50. The maximum atomic E-state index is 13.9. The van der Waals surface area contributed by atoms with E-state index in [4.69, 9.17) is 24.2 Å². The molecule has 0 aliphatic carbocycles. The number of benzene rings is 3. The number of rotatable bonds is 12. The van der Waals surface area contributed by atoms with Crippen molar-refractivity contribution in [3.8, 4) is 0 Å². The first kappa shape index (κ1) is 46.0. The van der Waals surface area contributed by atoms with Gasteiger partial charge in [-0.3, -0.25) is 9.59 Å². The van der Waals surface area contributed by atoms with Crippen LogP contribution in [0.25, 0.3) is 22.1 Å². The van der Waals surface area contributed by atoms with E-state index in [2.05, 4.69) is 86.2 Å². The molecule has 0 bridgehead atoms. The summed E-state index contributed by atoms with van der Waals surface area (Å²) in [6.07, 6.45) is 5.88. The second-order valence-corrected chi connectivity index (χ2v) is 19.4. The average Bonchev–Trinajstić information content (AvgIpc) is 4.20. The summed E-state index contributed by atoms with van der Waals surface area (Å²) in [6.45, 7) is 10.4. The highest BCUT2D eigenvalue weighted by molar-refractivity contribution is 5.87. The minimum Gasteiger partial charge on any atom is -0.453 e. The van der Waals surface area contributed by atoms with E-state index in [0.29, 0.717) is 19.0 Å². The zero-order valence-corrected chi connectivity index (χ0v) is 39.5. The number of hydrogen-bond acceptors (Lipinski definition) is 10. The number of nitrogens with zero attached hydrogens (tertiary/aromatic N) is 5. The number of ether oxygens (including phenoxy) is 3. The summed E-state index contributed by atoms with van der Waals surface area (Å²) in [5.74, 6) is 1.47. The van der Waals surface area contributed by atoms with Crippen molar-refractivity contribution >= 4 is 51.8 Å². The molecule has 0 radical (unpaired) electrons. The van der Waals surface area contributed by atoms with Gasteiger partial charge in [0.05, 0.1) is 60.5 Å². The minimum atomic E-state index is -0.707. The summed E-state index contributed by atoms with van der Waals surface area (Å²) >= 11 is 0. The maximum absolute atomic E-state index is 13.9. The molecule has 6 atom stereocenters. The number of amides is 4. The van der Waals surface area contributed by atoms with Crippen molar-refractivity contribution in [2.24, 2.45) is 11.8 Å². The Morgan fingerprint density at radius 1 is 0.612 bits per heavy atom. The van der Waals surface area contributed by atoms with Crippen LogP contribution in [0.15, 0.2) is 60.7 Å². The minimum absolute atomic E-state index is 0.0582. The van der Waals surface area contributed by atoms with Gasteiger partial charge in [0, 0.05) is 32.0 Å². The first-order chi connectivity index (χ1) is 32.4. The lowest BCUT2D eigenvalue weighted by Crippen LogP contribution is -2.51. The third-order valence-electron chi connectivity index (χ3n) is 14.6. The number of carbonyl (C=O) groups excluding carboxylic acids is 4. The third kappa shape index (κ3) is 9.28. The van der Waals surface area contributed by atoms with E-state index in [1.54, 1.807) is 0 Å². The van der Waals surface area contributed by atoms with Crippen LogP contribution in [0, 0.1) is 11.8 Å². The second-order valence-electron chi connectivity index (χ2n) is 19.4. The van der Waals surface area contributed by atoms with Crippen LogP contribution in [-0.4, -0.2) is 106 Å². The topological polar surface area (TPSA) is 187 Å². The lowest BCUT2D eigenvalue weighted by atomic mass is 9.91. The summed E-state index contributed by atoms with van der Waals surface area (Å²) in [7, 11) is 2.61. The van der Waals surface area contributed by atoms with Crippen LogP contribution in [0.1, 0.15) is 137 Å². The van der Waals surface area contributed by atoms with Gasteiger partial charge >= 0.3 is 12.2 Å². The molecule has 4 fully saturated rings. The summed E-state index contributed by atoms with van der Waals surface area (Å²) < 4.78 is 15.4. The van der Waals surface area contributed by atoms with Gasteiger partial charge in [-0.2, -0.15) is 0 Å². The molecule has 6 heterocycles. The van der Waals surface area contributed by atoms with Gasteiger partial charge in [0.1, 0.15) is 23.7 Å². The van der Waals surface area contributed by atoms with Gasteiger partial charge in [-0.25, -0.2) is 19.6 Å². The summed E-state index contributed by atoms with van der Waals surface area (Å²) in [5, 5.41) is 5.49. The first-order valence-corrected chi connectivity index (χ1v) is 24.2. The molecule has 16 nitrogen and oxygen atoms in total. The number of aromatic amines is 2. The highest BCUT2D eigenvalue weighted by Crippen LogP contribution is 2.48. The summed E-state index contributed by atoms with van der Waals surface area (Å²) in [6, 6.07) is 20.4. The Morgan fingerprint density at radius 2 is 1.12 bits per heavy atom. The number of nitrogens with one attached hydrogen (secondary N) is 4. The molecule has 4 amide bonds. The number of carbonyl (C=O) groups is 4. The molecular formula is C51H65N9O7. The molecule has 4 aliphatic rings. The zero-order valence-electron chi connectivity index (χ0n) is 39.5. The van der Waals surface area contributed by atoms with Crippen molar-refractivity contribution in [2.45, 2.75) is 121 Å². The van der Waals surface area contributed by atoms with Crippen molar-refractivity contribution in [1.82, 2.24) is 40.4 Å². The van der Waals surface area contributed by atoms with Crippen LogP contribution in [0.3, 0.4) is 0 Å². The van der Waals surface area contributed by atoms with Crippen LogP contribution >= 0.6 is 0 Å². The van der Waals surface area contributed by atoms with Crippen molar-refractivity contribution < 1.29 is 33.4 Å². The quantitative estimate of drug-likeness (QED) is 0.0946. The number of aromatic nitrogens is 4. The summed E-state index contributed by atoms with van der Waals surface area (Å²) in [5.41, 5.74) is 8.36. The van der Waals surface area contributed by atoms with E-state index >= 15 is 0 Å². The fraction of sp³-hybridized carbons (Fsp3) is 0.529. The number of alkyl carbamates (subject to hydrolysis) is 2. The molecule has 0 saturated carbocycles. The molecular weight excluding hydrogens is 851 g/mol. The Hall–Kier alpha value is -6.16. The maximum Gasteiger partial charge on any atom is 0.407 e. The van der Waals surface area contributed by atoms with Crippen LogP contribution in [0.4, 0.5) is 15.3 Å². The summed E-state index contributed by atoms with van der Waals surface area (Å²) in [4.78, 5) is 75.8. The molecule has 9 rings (SSSR count). The lowest BCUT2D eigenvalue weighted by Gasteiger charge is -2.34. The number of fused-ring (bicyclic) bond motifs is 2. The zero-order chi connectivity index (χ0) is 46.9. The number of likely N-dealkylation sites (tertiary alicyclic amines) is 2. The molecule has 356 valence electrons. The lowest BCUT2D eigenvalue weighted by molar-refractivity contribution is -0.136. The van der Waals surface area contributed by atoms with Gasteiger partial charge in [-0.1, -0.05) is 52.0 Å². The van der Waals surface area contributed by atoms with Crippen molar-refractivity contribution in [3.63, 3.8) is 0 Å². The Bertz CT molecular complexity index is 2440. The van der Waals surface area contributed by atoms with Gasteiger partial charge in [0.2, 0.25) is 11.8 Å². The van der Waals surface area contributed by atoms with E-state index in [-0.39, 0.29) is 47.8 Å². The highest BCUT2D eigenvalue weighted by Gasteiger charge is 2.40. The largest absolute Gasteiger partial charge is 0.453 e. The fourth-order valence-corrected chi connectivity index (χ4v) is 11.0. The Balaban J connectivity index is 1.01. The van der Waals surface area contributed by atoms with Crippen LogP contribution in [-0.2, 0) is 23.8 Å². The first-order valence-electron chi connectivity index (χ1n) is 24.2. The van der Waals surface area contributed by atoms with Crippen LogP contribution < -0.4 is 15.5 Å². The molecule has 4 N–H and O–H groups in total. The van der Waals surface area contributed by atoms with E-state index in [0.717, 1.165) is 104 Å². The van der Waals surface area contributed by atoms with Crippen molar-refractivity contribution in [3.05, 3.63) is 89.0 Å². The molecule has 16 heteroatoms. The standard InChI is InChI=1S/C51H65N9O7/c1-29(2)44(56-50(63)65-5)48(61)58-23-7-9-42(58)46-52-36-17-13-33(27-38(36)54-46)40-19-20-41(60(40)35-15-11-31(12-16-35)32-21-25-67-26-22-32)34-14-18-37-39(28-34)55-47(53-37)43-10-8-24-59(43)49(62)45(30(3)4)57-51(64)66-6/h11-18,27-30,32,40-45H,7-10,19-26H2,1-6H3,(H,52,54)(H,53,55)(H,56,63)(H,57,64)/t40-,41-,42+,43+,44+,45+/m1/s1. The monoisotopic (exact) mass is 916 g/mol. The van der Waals surface area contributed by atoms with Gasteiger partial charge in [-0.05, 0) is 122 Å². The molecule has 4 aliphatic heterocycles. The van der Waals surface area contributed by atoms with Gasteiger partial charge in [-0.15, -0.1) is 0 Å². The van der Waals surface area contributed by atoms with E-state index < -0.39 is 24.3 Å². The van der Waals surface area contributed by atoms with Crippen LogP contribution in [0.2, 0.25) is 0 Å². The normalized spacial score (nSPS) is 22.2. The molecule has 67 heavy (non-hydrogen) atoms. The van der Waals surface area contributed by atoms with E-state index in [9.17, 15) is 19.2 Å². The molecule has 0 unspecified atom stereocenters. The van der Waals surface area contributed by atoms with Gasteiger partial charge in [0.25, 0.3) is 0 Å². The van der Waals surface area contributed by atoms with Crippen molar-refractivity contribution in [1.29, 1.82) is 0 Å². The Morgan fingerprint density at radius 3 is 1.67 bits per heavy atom. The van der Waals surface area contributed by atoms with Gasteiger partial charge in [0.15, 0.2) is 0 Å².